The van der Waals surface area contributed by atoms with E-state index < -0.39 is 0 Å². The predicted octanol–water partition coefficient (Wildman–Crippen LogP) is 3.91. The molecule has 4 heteroatoms. The molecule has 1 fully saturated rings. The largest absolute Gasteiger partial charge is 0.397 e. The van der Waals surface area contributed by atoms with E-state index in [0.29, 0.717) is 22.4 Å². The second kappa shape index (κ2) is 5.34. The number of hydrogen-bond donors (Lipinski definition) is 1. The fraction of sp³-hybridized carbons (Fsp3) is 0.471. The van der Waals surface area contributed by atoms with Crippen molar-refractivity contribution in [1.29, 1.82) is 0 Å². The van der Waals surface area contributed by atoms with Gasteiger partial charge in [0.2, 0.25) is 0 Å². The van der Waals surface area contributed by atoms with Crippen LogP contribution in [0.5, 0.6) is 0 Å². The fourth-order valence-electron chi connectivity index (χ4n) is 3.03. The molecule has 0 radical (unpaired) electrons. The summed E-state index contributed by atoms with van der Waals surface area (Å²) in [5.74, 6) is 1.35. The Hall–Kier alpha value is -1.55. The van der Waals surface area contributed by atoms with Crippen LogP contribution >= 0.6 is 11.3 Å². The van der Waals surface area contributed by atoms with Crippen molar-refractivity contribution < 1.29 is 4.79 Å². The number of benzene rings is 1. The third kappa shape index (κ3) is 2.42. The van der Waals surface area contributed by atoms with Crippen molar-refractivity contribution in [2.45, 2.75) is 27.2 Å². The zero-order chi connectivity index (χ0) is 15.1. The lowest BCUT2D eigenvalue weighted by Crippen LogP contribution is -2.42. The first-order valence-corrected chi connectivity index (χ1v) is 8.37. The Morgan fingerprint density at radius 3 is 2.76 bits per heavy atom. The molecular weight excluding hydrogens is 280 g/mol. The van der Waals surface area contributed by atoms with E-state index in [-0.39, 0.29) is 5.91 Å². The number of piperidine rings is 1. The van der Waals surface area contributed by atoms with Gasteiger partial charge in [-0.25, -0.2) is 0 Å². The van der Waals surface area contributed by atoms with Crippen LogP contribution in [0.1, 0.15) is 35.5 Å². The fourth-order valence-corrected chi connectivity index (χ4v) is 4.19. The summed E-state index contributed by atoms with van der Waals surface area (Å²) in [6.45, 7) is 8.24. The van der Waals surface area contributed by atoms with E-state index in [2.05, 4.69) is 26.8 Å². The Bertz CT molecular complexity index is 691. The lowest BCUT2D eigenvalue weighted by Gasteiger charge is -2.35. The number of rotatable bonds is 1. The van der Waals surface area contributed by atoms with Crippen molar-refractivity contribution in [2.75, 3.05) is 18.8 Å². The number of amides is 1. The van der Waals surface area contributed by atoms with Crippen LogP contribution in [0.4, 0.5) is 5.69 Å². The number of fused-ring (bicyclic) bond motifs is 1. The molecule has 1 aliphatic rings. The number of carbonyl (C=O) groups excluding carboxylic acids is 1. The van der Waals surface area contributed by atoms with Crippen molar-refractivity contribution in [3.05, 3.63) is 28.6 Å². The van der Waals surface area contributed by atoms with Crippen molar-refractivity contribution in [2.24, 2.45) is 11.8 Å². The molecule has 1 aromatic heterocycles. The molecule has 21 heavy (non-hydrogen) atoms. The summed E-state index contributed by atoms with van der Waals surface area (Å²) in [6.07, 6.45) is 1.08. The lowest BCUT2D eigenvalue weighted by molar-refractivity contribution is 0.0633. The van der Waals surface area contributed by atoms with E-state index in [4.69, 9.17) is 5.73 Å². The highest BCUT2D eigenvalue weighted by molar-refractivity contribution is 7.21. The van der Waals surface area contributed by atoms with Gasteiger partial charge >= 0.3 is 0 Å². The van der Waals surface area contributed by atoms with Gasteiger partial charge in [0.25, 0.3) is 5.91 Å². The molecule has 112 valence electrons. The zero-order valence-electron chi connectivity index (χ0n) is 12.8. The maximum atomic E-state index is 12.8. The molecule has 0 aliphatic carbocycles. The number of aryl methyl sites for hydroxylation is 1. The first-order valence-electron chi connectivity index (χ1n) is 7.56. The molecule has 0 spiro atoms. The smallest absolute Gasteiger partial charge is 0.266 e. The highest BCUT2D eigenvalue weighted by atomic mass is 32.1. The molecule has 1 aromatic carbocycles. The monoisotopic (exact) mass is 302 g/mol. The number of carbonyl (C=O) groups is 1. The number of likely N-dealkylation sites (tertiary alicyclic amines) is 1. The summed E-state index contributed by atoms with van der Waals surface area (Å²) in [7, 11) is 0. The molecule has 1 amide bonds. The Balaban J connectivity index is 1.95. The van der Waals surface area contributed by atoms with E-state index in [1.54, 1.807) is 0 Å². The minimum absolute atomic E-state index is 0.104. The average molecular weight is 302 g/mol. The molecule has 2 unspecified atom stereocenters. The minimum atomic E-state index is 0.104. The number of nitrogens with zero attached hydrogens (tertiary/aromatic N) is 1. The van der Waals surface area contributed by atoms with E-state index >= 15 is 0 Å². The van der Waals surface area contributed by atoms with Gasteiger partial charge in [0.15, 0.2) is 0 Å². The summed E-state index contributed by atoms with van der Waals surface area (Å²) in [4.78, 5) is 15.5. The van der Waals surface area contributed by atoms with E-state index in [0.717, 1.165) is 29.6 Å². The standard InChI is InChI=1S/C17H22N2OS/c1-10-7-8-19(9-12(10)3)17(20)16-14(18)13-6-4-5-11(2)15(13)21-16/h4-6,10,12H,7-9,18H2,1-3H3. The molecule has 1 aliphatic heterocycles. The molecule has 0 bridgehead atoms. The van der Waals surface area contributed by atoms with Gasteiger partial charge in [-0.15, -0.1) is 11.3 Å². The summed E-state index contributed by atoms with van der Waals surface area (Å²) < 4.78 is 1.14. The van der Waals surface area contributed by atoms with Crippen LogP contribution in [0.2, 0.25) is 0 Å². The first-order chi connectivity index (χ1) is 9.99. The predicted molar refractivity (Wildman–Crippen MR) is 89.8 cm³/mol. The molecule has 2 N–H and O–H groups in total. The van der Waals surface area contributed by atoms with Crippen molar-refractivity contribution in [1.82, 2.24) is 4.90 Å². The van der Waals surface area contributed by atoms with Crippen LogP contribution in [0, 0.1) is 18.8 Å². The summed E-state index contributed by atoms with van der Waals surface area (Å²) in [5, 5.41) is 1.02. The zero-order valence-corrected chi connectivity index (χ0v) is 13.7. The Kier molecular flexibility index (Phi) is 3.66. The Morgan fingerprint density at radius 1 is 1.33 bits per heavy atom. The van der Waals surface area contributed by atoms with Crippen LogP contribution in [0.15, 0.2) is 18.2 Å². The van der Waals surface area contributed by atoms with Gasteiger partial charge in [0, 0.05) is 23.2 Å². The third-order valence-electron chi connectivity index (χ3n) is 4.77. The van der Waals surface area contributed by atoms with Gasteiger partial charge in [-0.3, -0.25) is 4.79 Å². The summed E-state index contributed by atoms with van der Waals surface area (Å²) >= 11 is 1.54. The summed E-state index contributed by atoms with van der Waals surface area (Å²) in [5.41, 5.74) is 8.07. The van der Waals surface area contributed by atoms with Crippen LogP contribution < -0.4 is 5.73 Å². The SMILES string of the molecule is Cc1cccc2c(N)c(C(=O)N3CCC(C)C(C)C3)sc12. The molecule has 2 heterocycles. The van der Waals surface area contributed by atoms with Crippen LogP contribution in [-0.2, 0) is 0 Å². The van der Waals surface area contributed by atoms with Gasteiger partial charge in [0.05, 0.1) is 5.69 Å². The minimum Gasteiger partial charge on any atom is -0.397 e. The van der Waals surface area contributed by atoms with Gasteiger partial charge in [-0.1, -0.05) is 32.0 Å². The molecule has 3 rings (SSSR count). The van der Waals surface area contributed by atoms with Crippen molar-refractivity contribution in [3.63, 3.8) is 0 Å². The molecule has 2 aromatic rings. The van der Waals surface area contributed by atoms with Crippen molar-refractivity contribution in [3.8, 4) is 0 Å². The van der Waals surface area contributed by atoms with E-state index in [1.165, 1.54) is 16.9 Å². The van der Waals surface area contributed by atoms with Crippen LogP contribution in [0.25, 0.3) is 10.1 Å². The lowest BCUT2D eigenvalue weighted by atomic mass is 9.88. The molecule has 3 nitrogen and oxygen atoms in total. The Labute approximate surface area is 129 Å². The summed E-state index contributed by atoms with van der Waals surface area (Å²) in [6, 6.07) is 6.07. The second-order valence-corrected chi connectivity index (χ2v) is 7.31. The van der Waals surface area contributed by atoms with Gasteiger partial charge in [-0.2, -0.15) is 0 Å². The molecular formula is C17H22N2OS. The van der Waals surface area contributed by atoms with Crippen LogP contribution in [0.3, 0.4) is 0 Å². The van der Waals surface area contributed by atoms with Gasteiger partial charge in [-0.05, 0) is 30.7 Å². The molecule has 1 saturated heterocycles. The number of anilines is 1. The highest BCUT2D eigenvalue weighted by Crippen LogP contribution is 2.37. The highest BCUT2D eigenvalue weighted by Gasteiger charge is 2.29. The quantitative estimate of drug-likeness (QED) is 0.868. The number of hydrogen-bond acceptors (Lipinski definition) is 3. The number of nitrogen functional groups attached to an aromatic ring is 1. The van der Waals surface area contributed by atoms with Gasteiger partial charge < -0.3 is 10.6 Å². The average Bonchev–Trinajstić information content (AvgIpc) is 2.80. The second-order valence-electron chi connectivity index (χ2n) is 6.29. The van der Waals surface area contributed by atoms with E-state index in [9.17, 15) is 4.79 Å². The van der Waals surface area contributed by atoms with E-state index in [1.807, 2.05) is 17.0 Å². The normalized spacial score (nSPS) is 22.7. The number of nitrogens with two attached hydrogens (primary N) is 1. The maximum Gasteiger partial charge on any atom is 0.266 e. The first kappa shape index (κ1) is 14.4. The third-order valence-corrected chi connectivity index (χ3v) is 6.11. The van der Waals surface area contributed by atoms with Crippen LogP contribution in [-0.4, -0.2) is 23.9 Å². The van der Waals surface area contributed by atoms with Crippen molar-refractivity contribution >= 4 is 33.0 Å². The molecule has 0 saturated carbocycles. The topological polar surface area (TPSA) is 46.3 Å². The number of thiophene rings is 1. The Morgan fingerprint density at radius 2 is 2.10 bits per heavy atom. The molecule has 2 atom stereocenters. The maximum absolute atomic E-state index is 12.8. The van der Waals surface area contributed by atoms with Gasteiger partial charge in [0.1, 0.15) is 4.88 Å².